The third-order valence-corrected chi connectivity index (χ3v) is 2.60. The Bertz CT molecular complexity index is 524. The molecule has 0 aromatic heterocycles. The van der Waals surface area contributed by atoms with Crippen molar-refractivity contribution in [3.63, 3.8) is 0 Å². The van der Waals surface area contributed by atoms with Crippen LogP contribution in [0.4, 0.5) is 0 Å². The van der Waals surface area contributed by atoms with Gasteiger partial charge in [0.05, 0.1) is 19.6 Å². The van der Waals surface area contributed by atoms with Gasteiger partial charge in [0.15, 0.2) is 11.5 Å². The molecule has 1 amide bonds. The van der Waals surface area contributed by atoms with Crippen LogP contribution in [-0.2, 0) is 9.59 Å². The van der Waals surface area contributed by atoms with Crippen LogP contribution in [0.25, 0.3) is 6.08 Å². The lowest BCUT2D eigenvalue weighted by atomic mass is 10.1. The molecule has 1 atom stereocenters. The Kier molecular flexibility index (Phi) is 5.58. The second-order valence-electron chi connectivity index (χ2n) is 4.16. The molecular formula is C14H17NO5. The minimum absolute atomic E-state index is 0.0869. The monoisotopic (exact) mass is 279 g/mol. The molecule has 0 bridgehead atoms. The van der Waals surface area contributed by atoms with Crippen LogP contribution < -0.4 is 15.2 Å². The first-order valence-corrected chi connectivity index (χ1v) is 5.95. The number of aliphatic carboxylic acids is 1. The fourth-order valence-corrected chi connectivity index (χ4v) is 1.43. The van der Waals surface area contributed by atoms with E-state index in [1.807, 2.05) is 0 Å². The van der Waals surface area contributed by atoms with Gasteiger partial charge in [-0.25, -0.2) is 4.79 Å². The number of para-hydroxylation sites is 1. The van der Waals surface area contributed by atoms with Crippen molar-refractivity contribution in [2.75, 3.05) is 13.7 Å². The highest BCUT2D eigenvalue weighted by Gasteiger charge is 2.14. The van der Waals surface area contributed by atoms with Gasteiger partial charge in [-0.05, 0) is 12.1 Å². The van der Waals surface area contributed by atoms with Gasteiger partial charge in [-0.1, -0.05) is 19.1 Å². The van der Waals surface area contributed by atoms with Gasteiger partial charge >= 0.3 is 5.97 Å². The van der Waals surface area contributed by atoms with Crippen LogP contribution in [0.5, 0.6) is 11.5 Å². The lowest BCUT2D eigenvalue weighted by Gasteiger charge is -2.15. The van der Waals surface area contributed by atoms with E-state index in [-0.39, 0.29) is 6.61 Å². The molecule has 6 heteroatoms. The smallest absolute Gasteiger partial charge is 0.328 e. The number of ether oxygens (including phenoxy) is 2. The number of benzene rings is 1. The number of nitrogens with two attached hydrogens (primary N) is 1. The Morgan fingerprint density at radius 1 is 1.45 bits per heavy atom. The van der Waals surface area contributed by atoms with Gasteiger partial charge < -0.3 is 20.3 Å². The minimum atomic E-state index is -1.07. The standard InChI is InChI=1S/C14H17NO5/c1-9(14(15)18)8-20-13-10(6-7-12(16)17)4-3-5-11(13)19-2/h3-7,9H,8H2,1-2H3,(H2,15,18)(H,16,17)/b7-6+. The molecule has 6 nitrogen and oxygen atoms in total. The Morgan fingerprint density at radius 3 is 2.70 bits per heavy atom. The second-order valence-corrected chi connectivity index (χ2v) is 4.16. The maximum atomic E-state index is 11.0. The van der Waals surface area contributed by atoms with Crippen LogP contribution in [0.3, 0.4) is 0 Å². The molecule has 0 heterocycles. The van der Waals surface area contributed by atoms with Crippen LogP contribution in [-0.4, -0.2) is 30.7 Å². The number of rotatable bonds is 7. The molecule has 1 aromatic rings. The molecule has 0 aliphatic rings. The van der Waals surface area contributed by atoms with Crippen molar-refractivity contribution in [1.29, 1.82) is 0 Å². The third kappa shape index (κ3) is 4.31. The van der Waals surface area contributed by atoms with Gasteiger partial charge in [0.2, 0.25) is 5.91 Å². The minimum Gasteiger partial charge on any atom is -0.493 e. The number of primary amides is 1. The first-order valence-electron chi connectivity index (χ1n) is 5.95. The average molecular weight is 279 g/mol. The quantitative estimate of drug-likeness (QED) is 0.733. The lowest BCUT2D eigenvalue weighted by molar-refractivity contribution is -0.131. The number of amides is 1. The Morgan fingerprint density at radius 2 is 2.15 bits per heavy atom. The summed E-state index contributed by atoms with van der Waals surface area (Å²) in [5.74, 6) is -1.17. The normalized spacial score (nSPS) is 12.1. The number of hydrogen-bond donors (Lipinski definition) is 2. The van der Waals surface area contributed by atoms with Gasteiger partial charge in [-0.2, -0.15) is 0 Å². The Labute approximate surface area is 116 Å². The number of carboxylic acids is 1. The maximum absolute atomic E-state index is 11.0. The lowest BCUT2D eigenvalue weighted by Crippen LogP contribution is -2.26. The summed E-state index contributed by atoms with van der Waals surface area (Å²) < 4.78 is 10.7. The SMILES string of the molecule is COc1cccc(/C=C/C(=O)O)c1OCC(C)C(N)=O. The first-order chi connectivity index (χ1) is 9.45. The van der Waals surface area contributed by atoms with E-state index in [4.69, 9.17) is 20.3 Å². The molecule has 0 saturated carbocycles. The van der Waals surface area contributed by atoms with Crippen molar-refractivity contribution in [3.8, 4) is 11.5 Å². The molecule has 0 aliphatic carbocycles. The second kappa shape index (κ2) is 7.18. The zero-order valence-corrected chi connectivity index (χ0v) is 11.3. The summed E-state index contributed by atoms with van der Waals surface area (Å²) in [6, 6.07) is 5.08. The number of carbonyl (C=O) groups excluding carboxylic acids is 1. The number of methoxy groups -OCH3 is 1. The van der Waals surface area contributed by atoms with E-state index in [0.29, 0.717) is 17.1 Å². The van der Waals surface area contributed by atoms with Gasteiger partial charge in [0, 0.05) is 11.6 Å². The fourth-order valence-electron chi connectivity index (χ4n) is 1.43. The molecule has 108 valence electrons. The molecule has 20 heavy (non-hydrogen) atoms. The molecular weight excluding hydrogens is 262 g/mol. The van der Waals surface area contributed by atoms with Crippen LogP contribution in [0.1, 0.15) is 12.5 Å². The predicted molar refractivity (Wildman–Crippen MR) is 73.5 cm³/mol. The van der Waals surface area contributed by atoms with Crippen molar-refractivity contribution >= 4 is 18.0 Å². The van der Waals surface area contributed by atoms with E-state index in [2.05, 4.69) is 0 Å². The third-order valence-electron chi connectivity index (χ3n) is 2.60. The van der Waals surface area contributed by atoms with E-state index in [1.54, 1.807) is 25.1 Å². The Balaban J connectivity index is 3.01. The maximum Gasteiger partial charge on any atom is 0.328 e. The number of hydrogen-bond acceptors (Lipinski definition) is 4. The molecule has 0 aliphatic heterocycles. The summed E-state index contributed by atoms with van der Waals surface area (Å²) in [4.78, 5) is 21.6. The molecule has 0 saturated heterocycles. The van der Waals surface area contributed by atoms with Crippen molar-refractivity contribution in [2.45, 2.75) is 6.92 Å². The highest BCUT2D eigenvalue weighted by molar-refractivity contribution is 5.86. The van der Waals surface area contributed by atoms with Crippen molar-refractivity contribution < 1.29 is 24.2 Å². The summed E-state index contributed by atoms with van der Waals surface area (Å²) in [5.41, 5.74) is 5.71. The number of carbonyl (C=O) groups is 2. The van der Waals surface area contributed by atoms with Crippen LogP contribution in [0.2, 0.25) is 0 Å². The van der Waals surface area contributed by atoms with Gasteiger partial charge in [-0.15, -0.1) is 0 Å². The first kappa shape index (κ1) is 15.6. The molecule has 0 fully saturated rings. The van der Waals surface area contributed by atoms with Crippen LogP contribution >= 0.6 is 0 Å². The predicted octanol–water partition coefficient (Wildman–Crippen LogP) is 1.29. The molecule has 1 unspecified atom stereocenters. The van der Waals surface area contributed by atoms with Crippen molar-refractivity contribution in [1.82, 2.24) is 0 Å². The van der Waals surface area contributed by atoms with Crippen LogP contribution in [0, 0.1) is 5.92 Å². The van der Waals surface area contributed by atoms with Gasteiger partial charge in [0.25, 0.3) is 0 Å². The van der Waals surface area contributed by atoms with E-state index in [1.165, 1.54) is 13.2 Å². The summed E-state index contributed by atoms with van der Waals surface area (Å²) in [7, 11) is 1.48. The van der Waals surface area contributed by atoms with E-state index in [9.17, 15) is 9.59 Å². The van der Waals surface area contributed by atoms with E-state index in [0.717, 1.165) is 6.08 Å². The summed E-state index contributed by atoms with van der Waals surface area (Å²) in [6.07, 6.45) is 2.40. The summed E-state index contributed by atoms with van der Waals surface area (Å²) >= 11 is 0. The summed E-state index contributed by atoms with van der Waals surface area (Å²) in [6.45, 7) is 1.73. The van der Waals surface area contributed by atoms with E-state index >= 15 is 0 Å². The van der Waals surface area contributed by atoms with Gasteiger partial charge in [0.1, 0.15) is 0 Å². The van der Waals surface area contributed by atoms with E-state index < -0.39 is 17.8 Å². The zero-order chi connectivity index (χ0) is 15.1. The molecule has 0 spiro atoms. The zero-order valence-electron chi connectivity index (χ0n) is 11.3. The largest absolute Gasteiger partial charge is 0.493 e. The molecule has 3 N–H and O–H groups in total. The van der Waals surface area contributed by atoms with Crippen molar-refractivity contribution in [2.24, 2.45) is 11.7 Å². The highest BCUT2D eigenvalue weighted by Crippen LogP contribution is 2.32. The Hall–Kier alpha value is -2.50. The average Bonchev–Trinajstić information content (AvgIpc) is 2.42. The molecule has 1 rings (SSSR count). The summed E-state index contributed by atoms with van der Waals surface area (Å²) in [5, 5.41) is 8.66. The highest BCUT2D eigenvalue weighted by atomic mass is 16.5. The van der Waals surface area contributed by atoms with Gasteiger partial charge in [-0.3, -0.25) is 4.79 Å². The number of carboxylic acid groups (broad SMARTS) is 1. The van der Waals surface area contributed by atoms with Crippen LogP contribution in [0.15, 0.2) is 24.3 Å². The fraction of sp³-hybridized carbons (Fsp3) is 0.286. The topological polar surface area (TPSA) is 98.8 Å². The van der Waals surface area contributed by atoms with Crippen molar-refractivity contribution in [3.05, 3.63) is 29.8 Å². The molecule has 1 aromatic carbocycles. The molecule has 0 radical (unpaired) electrons.